The number of nitrogens with zero attached hydrogens (tertiary/aromatic N) is 2. The quantitative estimate of drug-likeness (QED) is 0.306. The number of guanidine groups is 1. The molecule has 2 N–H and O–H groups in total. The number of benzene rings is 2. The molecule has 0 aliphatic carbocycles. The number of piperidine rings is 1. The van der Waals surface area contributed by atoms with Gasteiger partial charge in [0.15, 0.2) is 5.96 Å². The number of halogens is 4. The number of nitrogens with one attached hydrogen (secondary N) is 2. The monoisotopic (exact) mass is 562 g/mol. The summed E-state index contributed by atoms with van der Waals surface area (Å²) >= 11 is 0. The molecule has 0 bridgehead atoms. The lowest BCUT2D eigenvalue weighted by Gasteiger charge is -2.33. The van der Waals surface area contributed by atoms with E-state index in [2.05, 4.69) is 32.7 Å². The second-order valence-electron chi connectivity index (χ2n) is 7.63. The number of hydrogen-bond acceptors (Lipinski definition) is 3. The largest absolute Gasteiger partial charge is 0.497 e. The molecule has 0 radical (unpaired) electrons. The van der Waals surface area contributed by atoms with E-state index in [-0.39, 0.29) is 47.9 Å². The van der Waals surface area contributed by atoms with Crippen molar-refractivity contribution in [1.82, 2.24) is 15.5 Å². The second kappa shape index (κ2) is 12.3. The first-order chi connectivity index (χ1) is 14.9. The molecule has 2 aromatic carbocycles. The highest BCUT2D eigenvalue weighted by Crippen LogP contribution is 2.34. The van der Waals surface area contributed by atoms with Crippen molar-refractivity contribution < 1.29 is 17.9 Å². The minimum absolute atomic E-state index is 0. The molecule has 176 valence electrons. The molecule has 0 aromatic heterocycles. The molecule has 3 rings (SSSR count). The van der Waals surface area contributed by atoms with Crippen LogP contribution < -0.4 is 15.4 Å². The zero-order chi connectivity index (χ0) is 22.3. The van der Waals surface area contributed by atoms with Crippen molar-refractivity contribution in [1.29, 1.82) is 0 Å². The molecule has 0 atom stereocenters. The maximum atomic E-state index is 13.4. The first-order valence-corrected chi connectivity index (χ1v) is 10.4. The minimum atomic E-state index is -4.45. The number of likely N-dealkylation sites (tertiary alicyclic amines) is 1. The van der Waals surface area contributed by atoms with Gasteiger partial charge in [0, 0.05) is 39.3 Å². The molecule has 2 aromatic rings. The van der Waals surface area contributed by atoms with Crippen molar-refractivity contribution in [2.45, 2.75) is 38.1 Å². The van der Waals surface area contributed by atoms with Crippen LogP contribution in [0.25, 0.3) is 0 Å². The van der Waals surface area contributed by atoms with Crippen LogP contribution >= 0.6 is 24.0 Å². The molecular formula is C23H30F3IN4O. The third-order valence-corrected chi connectivity index (χ3v) is 5.47. The van der Waals surface area contributed by atoms with Gasteiger partial charge in [-0.05, 0) is 36.1 Å². The molecule has 0 unspecified atom stereocenters. The van der Waals surface area contributed by atoms with Gasteiger partial charge in [0.2, 0.25) is 0 Å². The Kier molecular flexibility index (Phi) is 10.1. The smallest absolute Gasteiger partial charge is 0.416 e. The van der Waals surface area contributed by atoms with Crippen molar-refractivity contribution >= 4 is 29.9 Å². The van der Waals surface area contributed by atoms with Gasteiger partial charge in [0.1, 0.15) is 5.75 Å². The summed E-state index contributed by atoms with van der Waals surface area (Å²) in [5.74, 6) is 0.686. The molecule has 0 spiro atoms. The van der Waals surface area contributed by atoms with Crippen molar-refractivity contribution in [3.63, 3.8) is 0 Å². The lowest BCUT2D eigenvalue weighted by molar-refractivity contribution is -0.138. The molecule has 32 heavy (non-hydrogen) atoms. The van der Waals surface area contributed by atoms with Crippen LogP contribution in [0.15, 0.2) is 53.5 Å². The fourth-order valence-corrected chi connectivity index (χ4v) is 3.74. The topological polar surface area (TPSA) is 48.9 Å². The molecule has 1 aliphatic heterocycles. The molecule has 5 nitrogen and oxygen atoms in total. The normalized spacial score (nSPS) is 15.7. The zero-order valence-corrected chi connectivity index (χ0v) is 20.6. The Balaban J connectivity index is 0.00000363. The molecule has 1 saturated heterocycles. The van der Waals surface area contributed by atoms with Crippen LogP contribution in [-0.4, -0.2) is 44.1 Å². The van der Waals surface area contributed by atoms with E-state index < -0.39 is 11.7 Å². The van der Waals surface area contributed by atoms with Crippen LogP contribution in [0.4, 0.5) is 13.2 Å². The van der Waals surface area contributed by atoms with E-state index in [1.54, 1.807) is 7.05 Å². The van der Waals surface area contributed by atoms with Crippen LogP contribution in [0.3, 0.4) is 0 Å². The molecule has 0 saturated carbocycles. The SMILES string of the molecule is CN=C(NCc1ccc(OC)cc1C(F)(F)F)NC1CCN(Cc2ccccc2)CC1.I. The summed E-state index contributed by atoms with van der Waals surface area (Å²) < 4.78 is 45.1. The standard InChI is InChI=1S/C23H29F3N4O.HI/c1-27-22(28-15-18-8-9-20(31-2)14-21(18)23(24,25)26)29-19-10-12-30(13-11-19)16-17-6-4-3-5-7-17;/h3-9,14,19H,10-13,15-16H2,1-2H3,(H2,27,28,29);1H. The van der Waals surface area contributed by atoms with Gasteiger partial charge in [0.05, 0.1) is 12.7 Å². The highest BCUT2D eigenvalue weighted by molar-refractivity contribution is 14.0. The molecule has 1 aliphatic rings. The number of hydrogen-bond donors (Lipinski definition) is 2. The Morgan fingerprint density at radius 1 is 1.12 bits per heavy atom. The number of ether oxygens (including phenoxy) is 1. The predicted octanol–water partition coefficient (Wildman–Crippen LogP) is 4.66. The number of methoxy groups -OCH3 is 1. The molecule has 1 heterocycles. The number of alkyl halides is 3. The number of rotatable bonds is 6. The van der Waals surface area contributed by atoms with Crippen molar-refractivity contribution in [2.24, 2.45) is 4.99 Å². The average Bonchev–Trinajstić information content (AvgIpc) is 2.77. The summed E-state index contributed by atoms with van der Waals surface area (Å²) in [6.45, 7) is 2.87. The van der Waals surface area contributed by atoms with E-state index in [0.29, 0.717) is 5.96 Å². The first kappa shape index (κ1) is 26.2. The third-order valence-electron chi connectivity index (χ3n) is 5.47. The van der Waals surface area contributed by atoms with E-state index in [9.17, 15) is 13.2 Å². The predicted molar refractivity (Wildman–Crippen MR) is 131 cm³/mol. The molecule has 1 fully saturated rings. The van der Waals surface area contributed by atoms with Gasteiger partial charge in [-0.3, -0.25) is 9.89 Å². The van der Waals surface area contributed by atoms with Gasteiger partial charge in [-0.2, -0.15) is 13.2 Å². The van der Waals surface area contributed by atoms with Gasteiger partial charge < -0.3 is 15.4 Å². The van der Waals surface area contributed by atoms with Crippen LogP contribution in [0, 0.1) is 0 Å². The summed E-state index contributed by atoms with van der Waals surface area (Å²) in [5, 5.41) is 6.37. The van der Waals surface area contributed by atoms with Gasteiger partial charge in [0.25, 0.3) is 0 Å². The molecule has 0 amide bonds. The van der Waals surface area contributed by atoms with Gasteiger partial charge in [-0.25, -0.2) is 0 Å². The highest BCUT2D eigenvalue weighted by Gasteiger charge is 2.33. The Morgan fingerprint density at radius 3 is 2.41 bits per heavy atom. The number of aliphatic imine (C=N–C) groups is 1. The van der Waals surface area contributed by atoms with Crippen LogP contribution in [0.2, 0.25) is 0 Å². The Labute approximate surface area is 204 Å². The van der Waals surface area contributed by atoms with E-state index in [1.807, 2.05) is 18.2 Å². The Hall–Kier alpha value is -2.01. The lowest BCUT2D eigenvalue weighted by Crippen LogP contribution is -2.48. The van der Waals surface area contributed by atoms with Crippen LogP contribution in [-0.2, 0) is 19.3 Å². The fraction of sp³-hybridized carbons (Fsp3) is 0.435. The molecular weight excluding hydrogens is 532 g/mol. The summed E-state index contributed by atoms with van der Waals surface area (Å²) in [6.07, 6.45) is -2.55. The third kappa shape index (κ3) is 7.54. The average molecular weight is 562 g/mol. The van der Waals surface area contributed by atoms with Crippen molar-refractivity contribution in [3.8, 4) is 5.75 Å². The van der Waals surface area contributed by atoms with Crippen LogP contribution in [0.1, 0.15) is 29.5 Å². The van der Waals surface area contributed by atoms with Gasteiger partial charge >= 0.3 is 6.18 Å². The highest BCUT2D eigenvalue weighted by atomic mass is 127. The first-order valence-electron chi connectivity index (χ1n) is 10.4. The Bertz CT molecular complexity index is 869. The van der Waals surface area contributed by atoms with E-state index in [4.69, 9.17) is 4.74 Å². The fourth-order valence-electron chi connectivity index (χ4n) is 3.74. The second-order valence-corrected chi connectivity index (χ2v) is 7.63. The summed E-state index contributed by atoms with van der Waals surface area (Å²) in [4.78, 5) is 6.60. The summed E-state index contributed by atoms with van der Waals surface area (Å²) in [6, 6.07) is 14.6. The van der Waals surface area contributed by atoms with Crippen molar-refractivity contribution in [2.75, 3.05) is 27.2 Å². The summed E-state index contributed by atoms with van der Waals surface area (Å²) in [5.41, 5.74) is 0.740. The zero-order valence-electron chi connectivity index (χ0n) is 18.3. The lowest BCUT2D eigenvalue weighted by atomic mass is 10.0. The summed E-state index contributed by atoms with van der Waals surface area (Å²) in [7, 11) is 2.98. The molecule has 9 heteroatoms. The maximum Gasteiger partial charge on any atom is 0.416 e. The van der Waals surface area contributed by atoms with E-state index in [0.717, 1.165) is 38.5 Å². The van der Waals surface area contributed by atoms with Gasteiger partial charge in [-0.1, -0.05) is 36.4 Å². The van der Waals surface area contributed by atoms with E-state index in [1.165, 1.54) is 24.8 Å². The Morgan fingerprint density at radius 2 is 1.81 bits per heavy atom. The maximum absolute atomic E-state index is 13.4. The van der Waals surface area contributed by atoms with Gasteiger partial charge in [-0.15, -0.1) is 24.0 Å². The van der Waals surface area contributed by atoms with E-state index >= 15 is 0 Å². The van der Waals surface area contributed by atoms with Crippen LogP contribution in [0.5, 0.6) is 5.75 Å². The van der Waals surface area contributed by atoms with Crippen molar-refractivity contribution in [3.05, 3.63) is 65.2 Å². The minimum Gasteiger partial charge on any atom is -0.497 e.